The second kappa shape index (κ2) is 3.95. The average molecular weight is 260 g/mol. The topological polar surface area (TPSA) is 29.0 Å². The van der Waals surface area contributed by atoms with Crippen LogP contribution < -0.4 is 4.90 Å². The van der Waals surface area contributed by atoms with E-state index < -0.39 is 0 Å². The molecule has 0 bridgehead atoms. The lowest BCUT2D eigenvalue weighted by molar-refractivity contribution is 0.725. The van der Waals surface area contributed by atoms with Crippen molar-refractivity contribution < 1.29 is 0 Å². The van der Waals surface area contributed by atoms with E-state index in [1.54, 1.807) is 0 Å². The highest BCUT2D eigenvalue weighted by Crippen LogP contribution is 2.45. The number of aryl methyl sites for hydroxylation is 1. The Hall–Kier alpha value is -1.61. The van der Waals surface area contributed by atoms with E-state index in [9.17, 15) is 0 Å². The first-order valence-corrected chi connectivity index (χ1v) is 6.32. The number of nitrogens with zero attached hydrogens (tertiary/aromatic N) is 3. The van der Waals surface area contributed by atoms with Crippen molar-refractivity contribution in [1.82, 2.24) is 9.97 Å². The van der Waals surface area contributed by atoms with E-state index in [0.29, 0.717) is 5.15 Å². The summed E-state index contributed by atoms with van der Waals surface area (Å²) in [7, 11) is 2.04. The van der Waals surface area contributed by atoms with Crippen molar-refractivity contribution in [2.75, 3.05) is 11.9 Å². The largest absolute Gasteiger partial charge is 0.365 e. The molecule has 0 radical (unpaired) electrons. The monoisotopic (exact) mass is 259 g/mol. The molecular weight excluding hydrogens is 246 g/mol. The van der Waals surface area contributed by atoms with Crippen LogP contribution in [-0.4, -0.2) is 17.0 Å². The zero-order chi connectivity index (χ0) is 12.9. The fourth-order valence-corrected chi connectivity index (χ4v) is 2.90. The highest BCUT2D eigenvalue weighted by atomic mass is 35.5. The third kappa shape index (κ3) is 1.51. The maximum absolute atomic E-state index is 6.29. The highest BCUT2D eigenvalue weighted by Gasteiger charge is 2.29. The fraction of sp³-hybridized carbons (Fsp3) is 0.286. The Morgan fingerprint density at radius 1 is 1.39 bits per heavy atom. The predicted octanol–water partition coefficient (Wildman–Crippen LogP) is 3.62. The fourth-order valence-electron chi connectivity index (χ4n) is 2.53. The Morgan fingerprint density at radius 2 is 2.17 bits per heavy atom. The van der Waals surface area contributed by atoms with Gasteiger partial charge < -0.3 is 4.90 Å². The van der Waals surface area contributed by atoms with Crippen molar-refractivity contribution >= 4 is 17.3 Å². The van der Waals surface area contributed by atoms with Crippen LogP contribution in [0.15, 0.2) is 24.4 Å². The van der Waals surface area contributed by atoms with Gasteiger partial charge in [0.1, 0.15) is 0 Å². The lowest BCUT2D eigenvalue weighted by Gasteiger charge is -2.35. The van der Waals surface area contributed by atoms with Crippen molar-refractivity contribution in [3.05, 3.63) is 40.8 Å². The molecule has 0 saturated heterocycles. The molecule has 18 heavy (non-hydrogen) atoms. The Morgan fingerprint density at radius 3 is 2.94 bits per heavy atom. The SMILES string of the molecule is Cc1cc2c(c(Cl)n1)N(C)C(C)c1cccnc1-2. The van der Waals surface area contributed by atoms with Crippen LogP contribution in [0.4, 0.5) is 5.69 Å². The maximum Gasteiger partial charge on any atom is 0.153 e. The van der Waals surface area contributed by atoms with Crippen LogP contribution in [-0.2, 0) is 0 Å². The van der Waals surface area contributed by atoms with Gasteiger partial charge in [0.25, 0.3) is 0 Å². The Labute approximate surface area is 111 Å². The van der Waals surface area contributed by atoms with E-state index in [0.717, 1.165) is 22.6 Å². The van der Waals surface area contributed by atoms with Crippen LogP contribution >= 0.6 is 11.6 Å². The molecule has 0 amide bonds. The van der Waals surface area contributed by atoms with Gasteiger partial charge in [0.2, 0.25) is 0 Å². The number of hydrogen-bond acceptors (Lipinski definition) is 3. The first kappa shape index (κ1) is 11.5. The van der Waals surface area contributed by atoms with Gasteiger partial charge >= 0.3 is 0 Å². The number of pyridine rings is 2. The summed E-state index contributed by atoms with van der Waals surface area (Å²) >= 11 is 6.29. The summed E-state index contributed by atoms with van der Waals surface area (Å²) in [4.78, 5) is 11.0. The molecule has 0 spiro atoms. The molecule has 0 aromatic carbocycles. The van der Waals surface area contributed by atoms with Crippen LogP contribution in [0.2, 0.25) is 5.15 Å². The molecule has 0 fully saturated rings. The van der Waals surface area contributed by atoms with E-state index in [1.165, 1.54) is 5.56 Å². The molecule has 1 aliphatic rings. The van der Waals surface area contributed by atoms with Gasteiger partial charge in [-0.2, -0.15) is 0 Å². The molecule has 0 N–H and O–H groups in total. The summed E-state index contributed by atoms with van der Waals surface area (Å²) in [5.41, 5.74) is 5.21. The Kier molecular flexibility index (Phi) is 2.52. The Bertz CT molecular complexity index is 624. The van der Waals surface area contributed by atoms with E-state index in [-0.39, 0.29) is 6.04 Å². The molecule has 3 nitrogen and oxygen atoms in total. The first-order chi connectivity index (χ1) is 8.59. The average Bonchev–Trinajstić information content (AvgIpc) is 2.35. The number of rotatable bonds is 0. The third-order valence-corrected chi connectivity index (χ3v) is 3.82. The molecule has 1 unspecified atom stereocenters. The lowest BCUT2D eigenvalue weighted by Crippen LogP contribution is -2.27. The van der Waals surface area contributed by atoms with Crippen LogP contribution in [0.3, 0.4) is 0 Å². The van der Waals surface area contributed by atoms with Gasteiger partial charge in [-0.3, -0.25) is 4.98 Å². The van der Waals surface area contributed by atoms with Crippen molar-refractivity contribution in [3.8, 4) is 11.3 Å². The molecule has 2 aromatic heterocycles. The molecule has 3 heterocycles. The van der Waals surface area contributed by atoms with Crippen molar-refractivity contribution in [2.24, 2.45) is 0 Å². The predicted molar refractivity (Wildman–Crippen MR) is 74.0 cm³/mol. The maximum atomic E-state index is 6.29. The number of halogens is 1. The summed E-state index contributed by atoms with van der Waals surface area (Å²) in [5.74, 6) is 0. The van der Waals surface area contributed by atoms with E-state index >= 15 is 0 Å². The molecule has 4 heteroatoms. The van der Waals surface area contributed by atoms with Crippen LogP contribution in [0, 0.1) is 6.92 Å². The van der Waals surface area contributed by atoms with E-state index in [1.807, 2.05) is 26.2 Å². The van der Waals surface area contributed by atoms with Crippen LogP contribution in [0.5, 0.6) is 0 Å². The van der Waals surface area contributed by atoms with Gasteiger partial charge in [-0.15, -0.1) is 0 Å². The summed E-state index contributed by atoms with van der Waals surface area (Å²) in [6.45, 7) is 4.10. The molecule has 0 aliphatic carbocycles. The summed E-state index contributed by atoms with van der Waals surface area (Å²) in [6, 6.07) is 6.40. The van der Waals surface area contributed by atoms with Crippen LogP contribution in [0.25, 0.3) is 11.3 Å². The van der Waals surface area contributed by atoms with Gasteiger partial charge in [-0.25, -0.2) is 4.98 Å². The number of anilines is 1. The normalized spacial score (nSPS) is 17.3. The number of hydrogen-bond donors (Lipinski definition) is 0. The number of fused-ring (bicyclic) bond motifs is 3. The standard InChI is InChI=1S/C14H14ClN3/c1-8-7-11-12-10(5-4-6-16-12)9(2)18(3)13(11)14(15)17-8/h4-7,9H,1-3H3. The highest BCUT2D eigenvalue weighted by molar-refractivity contribution is 6.33. The first-order valence-electron chi connectivity index (χ1n) is 5.95. The molecule has 1 aliphatic heterocycles. The van der Waals surface area contributed by atoms with Gasteiger partial charge in [-0.05, 0) is 26.0 Å². The lowest BCUT2D eigenvalue weighted by atomic mass is 9.94. The minimum absolute atomic E-state index is 0.253. The molecular formula is C14H14ClN3. The molecule has 0 saturated carbocycles. The smallest absolute Gasteiger partial charge is 0.153 e. The van der Waals surface area contributed by atoms with E-state index in [2.05, 4.69) is 33.9 Å². The molecule has 1 atom stereocenters. The van der Waals surface area contributed by atoms with Crippen molar-refractivity contribution in [3.63, 3.8) is 0 Å². The van der Waals surface area contributed by atoms with E-state index in [4.69, 9.17) is 11.6 Å². The second-order valence-electron chi connectivity index (χ2n) is 4.68. The minimum atomic E-state index is 0.253. The quantitative estimate of drug-likeness (QED) is 0.677. The van der Waals surface area contributed by atoms with Gasteiger partial charge in [0.15, 0.2) is 5.15 Å². The molecule has 92 valence electrons. The Balaban J connectivity index is 2.37. The van der Waals surface area contributed by atoms with Gasteiger partial charge in [-0.1, -0.05) is 17.7 Å². The zero-order valence-electron chi connectivity index (χ0n) is 10.6. The number of aromatic nitrogens is 2. The van der Waals surface area contributed by atoms with Crippen molar-refractivity contribution in [1.29, 1.82) is 0 Å². The summed E-state index contributed by atoms with van der Waals surface area (Å²) in [5, 5.41) is 0.552. The van der Waals surface area contributed by atoms with Crippen molar-refractivity contribution in [2.45, 2.75) is 19.9 Å². The minimum Gasteiger partial charge on any atom is -0.365 e. The van der Waals surface area contributed by atoms with Gasteiger partial charge in [0.05, 0.1) is 17.4 Å². The third-order valence-electron chi connectivity index (χ3n) is 3.56. The zero-order valence-corrected chi connectivity index (χ0v) is 11.4. The van der Waals surface area contributed by atoms with Crippen LogP contribution in [0.1, 0.15) is 24.2 Å². The summed E-state index contributed by atoms with van der Waals surface area (Å²) in [6.07, 6.45) is 1.82. The summed E-state index contributed by atoms with van der Waals surface area (Å²) < 4.78 is 0. The molecule has 3 rings (SSSR count). The van der Waals surface area contributed by atoms with Gasteiger partial charge in [0, 0.05) is 30.1 Å². The second-order valence-corrected chi connectivity index (χ2v) is 5.04. The molecule has 2 aromatic rings.